The Bertz CT molecular complexity index is 18.0. The Labute approximate surface area is 45.9 Å². The molecule has 0 bridgehead atoms. The molecule has 0 fully saturated rings. The van der Waals surface area contributed by atoms with Gasteiger partial charge in [0.05, 0.1) is 0 Å². The first-order chi connectivity index (χ1) is 2.91. The molecular formula is C5H16N2. The molecule has 2 nitrogen and oxygen atoms in total. The minimum Gasteiger partial charge on any atom is -0.330 e. The number of hydrogen-bond acceptors (Lipinski definition) is 2. The van der Waals surface area contributed by atoms with Gasteiger partial charge in [0.1, 0.15) is 0 Å². The topological polar surface area (TPSA) is 52.0 Å². The van der Waals surface area contributed by atoms with Crippen molar-refractivity contribution in [1.29, 1.82) is 0 Å². The van der Waals surface area contributed by atoms with Crippen LogP contribution in [0.1, 0.15) is 20.3 Å². The van der Waals surface area contributed by atoms with Crippen molar-refractivity contribution in [3.05, 3.63) is 0 Å². The molecule has 0 unspecified atom stereocenters. The summed E-state index contributed by atoms with van der Waals surface area (Å²) in [6, 6.07) is 0. The van der Waals surface area contributed by atoms with Crippen molar-refractivity contribution in [2.45, 2.75) is 20.3 Å². The maximum Gasteiger partial charge on any atom is -0.00768 e. The molecule has 0 atom stereocenters. The molecule has 0 aromatic heterocycles. The van der Waals surface area contributed by atoms with E-state index in [1.807, 2.05) is 0 Å². The molecule has 0 rings (SSSR count). The number of hydrogen-bond donors (Lipinski definition) is 2. The van der Waals surface area contributed by atoms with Crippen LogP contribution in [-0.2, 0) is 0 Å². The normalized spacial score (nSPS) is 7.71. The molecule has 0 aliphatic rings. The average Bonchev–Trinajstić information content (AvgIpc) is 1.61. The highest BCUT2D eigenvalue weighted by atomic mass is 14.5. The van der Waals surface area contributed by atoms with E-state index in [1.165, 1.54) is 0 Å². The molecule has 2 heteroatoms. The molecule has 0 aliphatic heterocycles. The third kappa shape index (κ3) is 10.7. The van der Waals surface area contributed by atoms with E-state index in [0.717, 1.165) is 25.9 Å². The van der Waals surface area contributed by atoms with Gasteiger partial charge in [-0.25, -0.2) is 0 Å². The van der Waals surface area contributed by atoms with Crippen molar-refractivity contribution in [3.63, 3.8) is 0 Å². The molecule has 0 saturated carbocycles. The van der Waals surface area contributed by atoms with Gasteiger partial charge in [-0.1, -0.05) is 7.43 Å². The van der Waals surface area contributed by atoms with Crippen molar-refractivity contribution in [3.8, 4) is 0 Å². The zero-order valence-electron chi connectivity index (χ0n) is 3.98. The largest absolute Gasteiger partial charge is 0.330 e. The number of nitrogens with two attached hydrogens (primary N) is 2. The van der Waals surface area contributed by atoms with E-state index in [9.17, 15) is 0 Å². The van der Waals surface area contributed by atoms with Crippen LogP contribution < -0.4 is 11.5 Å². The number of rotatable bonds is 3. The van der Waals surface area contributed by atoms with E-state index in [1.54, 1.807) is 0 Å². The summed E-state index contributed by atoms with van der Waals surface area (Å²) in [6.07, 6.45) is 2.13. The van der Waals surface area contributed by atoms with Gasteiger partial charge in [0.25, 0.3) is 0 Å². The van der Waals surface area contributed by atoms with Gasteiger partial charge in [-0.05, 0) is 25.9 Å². The van der Waals surface area contributed by atoms with Crippen molar-refractivity contribution >= 4 is 0 Å². The summed E-state index contributed by atoms with van der Waals surface area (Å²) in [5, 5.41) is 0. The maximum atomic E-state index is 5.16. The van der Waals surface area contributed by atoms with E-state index in [4.69, 9.17) is 11.5 Å². The van der Waals surface area contributed by atoms with Gasteiger partial charge in [0, 0.05) is 0 Å². The molecule has 0 radical (unpaired) electrons. The quantitative estimate of drug-likeness (QED) is 0.507. The zero-order chi connectivity index (χ0) is 4.83. The predicted molar refractivity (Wildman–Crippen MR) is 34.1 cm³/mol. The second-order valence-corrected chi connectivity index (χ2v) is 1.28. The number of unbranched alkanes of at least 4 members (excludes halogenated alkanes) is 1. The lowest BCUT2D eigenvalue weighted by Crippen LogP contribution is -2.03. The molecule has 7 heavy (non-hydrogen) atoms. The Morgan fingerprint density at radius 2 is 1.14 bits per heavy atom. The van der Waals surface area contributed by atoms with Gasteiger partial charge >= 0.3 is 0 Å². The molecule has 0 aliphatic carbocycles. The summed E-state index contributed by atoms with van der Waals surface area (Å²) in [7, 11) is 0. The molecule has 0 aromatic carbocycles. The summed E-state index contributed by atoms with van der Waals surface area (Å²) < 4.78 is 0. The molecule has 0 heterocycles. The van der Waals surface area contributed by atoms with Gasteiger partial charge in [-0.3, -0.25) is 0 Å². The zero-order valence-corrected chi connectivity index (χ0v) is 3.98. The van der Waals surface area contributed by atoms with E-state index >= 15 is 0 Å². The summed E-state index contributed by atoms with van der Waals surface area (Å²) in [5.74, 6) is 0. The second kappa shape index (κ2) is 9.33. The van der Waals surface area contributed by atoms with E-state index in [2.05, 4.69) is 0 Å². The third-order valence-corrected chi connectivity index (χ3v) is 0.658. The lowest BCUT2D eigenvalue weighted by Gasteiger charge is -1.87. The van der Waals surface area contributed by atoms with Gasteiger partial charge in [0.15, 0.2) is 0 Å². The molecule has 46 valence electrons. The van der Waals surface area contributed by atoms with Crippen LogP contribution in [0.5, 0.6) is 0 Å². The maximum absolute atomic E-state index is 5.16. The van der Waals surface area contributed by atoms with Crippen molar-refractivity contribution in [2.75, 3.05) is 13.1 Å². The Kier molecular flexibility index (Phi) is 13.3. The monoisotopic (exact) mass is 104 g/mol. The molecule has 0 amide bonds. The Hall–Kier alpha value is -0.0800. The van der Waals surface area contributed by atoms with Crippen LogP contribution in [0.2, 0.25) is 0 Å². The fraction of sp³-hybridized carbons (Fsp3) is 1.00. The molecular weight excluding hydrogens is 88.1 g/mol. The lowest BCUT2D eigenvalue weighted by atomic mass is 10.3. The smallest absolute Gasteiger partial charge is 0.00768 e. The molecule has 0 aromatic rings. The second-order valence-electron chi connectivity index (χ2n) is 1.28. The van der Waals surface area contributed by atoms with Crippen LogP contribution >= 0.6 is 0 Å². The van der Waals surface area contributed by atoms with Crippen LogP contribution in [0.25, 0.3) is 0 Å². The van der Waals surface area contributed by atoms with E-state index in [0.29, 0.717) is 0 Å². The average molecular weight is 104 g/mol. The Morgan fingerprint density at radius 3 is 1.29 bits per heavy atom. The van der Waals surface area contributed by atoms with Crippen molar-refractivity contribution < 1.29 is 0 Å². The predicted octanol–water partition coefficient (Wildman–Crippen LogP) is 0.320. The minimum atomic E-state index is 0. The van der Waals surface area contributed by atoms with Crippen LogP contribution in [0.3, 0.4) is 0 Å². The van der Waals surface area contributed by atoms with Crippen LogP contribution in [0, 0.1) is 0 Å². The Balaban J connectivity index is 0. The summed E-state index contributed by atoms with van der Waals surface area (Å²) >= 11 is 0. The SMILES string of the molecule is C.NCCCCN. The summed E-state index contributed by atoms with van der Waals surface area (Å²) in [6.45, 7) is 1.55. The summed E-state index contributed by atoms with van der Waals surface area (Å²) in [5.41, 5.74) is 10.3. The minimum absolute atomic E-state index is 0. The fourth-order valence-electron chi connectivity index (χ4n) is 0.289. The first kappa shape index (κ1) is 10.0. The van der Waals surface area contributed by atoms with Crippen LogP contribution in [0.4, 0.5) is 0 Å². The van der Waals surface area contributed by atoms with Gasteiger partial charge in [0.2, 0.25) is 0 Å². The fourth-order valence-corrected chi connectivity index (χ4v) is 0.289. The van der Waals surface area contributed by atoms with E-state index < -0.39 is 0 Å². The molecule has 0 spiro atoms. The van der Waals surface area contributed by atoms with Crippen molar-refractivity contribution in [1.82, 2.24) is 0 Å². The van der Waals surface area contributed by atoms with Crippen LogP contribution in [-0.4, -0.2) is 13.1 Å². The highest BCUT2D eigenvalue weighted by Crippen LogP contribution is 1.77. The molecule has 0 saturated heterocycles. The van der Waals surface area contributed by atoms with E-state index in [-0.39, 0.29) is 7.43 Å². The van der Waals surface area contributed by atoms with Gasteiger partial charge < -0.3 is 11.5 Å². The highest BCUT2D eigenvalue weighted by Gasteiger charge is 1.75. The first-order valence-corrected chi connectivity index (χ1v) is 2.32. The Morgan fingerprint density at radius 1 is 0.857 bits per heavy atom. The van der Waals surface area contributed by atoms with Gasteiger partial charge in [-0.15, -0.1) is 0 Å². The standard InChI is InChI=1S/C4H12N2.CH4/c5-3-1-2-4-6;/h1-6H2;1H4. The third-order valence-electron chi connectivity index (χ3n) is 0.658. The highest BCUT2D eigenvalue weighted by molar-refractivity contribution is 4.38. The molecule has 4 N–H and O–H groups in total. The van der Waals surface area contributed by atoms with Crippen LogP contribution in [0.15, 0.2) is 0 Å². The van der Waals surface area contributed by atoms with Gasteiger partial charge in [-0.2, -0.15) is 0 Å². The van der Waals surface area contributed by atoms with Crippen molar-refractivity contribution in [2.24, 2.45) is 11.5 Å². The summed E-state index contributed by atoms with van der Waals surface area (Å²) in [4.78, 5) is 0. The lowest BCUT2D eigenvalue weighted by molar-refractivity contribution is 0.755. The first-order valence-electron chi connectivity index (χ1n) is 2.32.